The van der Waals surface area contributed by atoms with Gasteiger partial charge in [0.15, 0.2) is 0 Å². The summed E-state index contributed by atoms with van der Waals surface area (Å²) in [5, 5.41) is 7.19. The number of aryl methyl sites for hydroxylation is 2. The highest BCUT2D eigenvalue weighted by Gasteiger charge is 2.27. The van der Waals surface area contributed by atoms with Crippen molar-refractivity contribution in [2.24, 2.45) is 12.8 Å². The molecule has 0 atom stereocenters. The van der Waals surface area contributed by atoms with E-state index in [1.165, 1.54) is 0 Å². The minimum atomic E-state index is -0.310. The molecule has 0 aromatic carbocycles. The van der Waals surface area contributed by atoms with Gasteiger partial charge in [-0.3, -0.25) is 9.48 Å². The molecule has 18 heavy (non-hydrogen) atoms. The van der Waals surface area contributed by atoms with Gasteiger partial charge in [0.05, 0.1) is 11.2 Å². The van der Waals surface area contributed by atoms with Gasteiger partial charge in [-0.2, -0.15) is 5.10 Å². The van der Waals surface area contributed by atoms with Crippen LogP contribution < -0.4 is 11.1 Å². The van der Waals surface area contributed by atoms with Gasteiger partial charge in [0, 0.05) is 13.6 Å². The van der Waals surface area contributed by atoms with Gasteiger partial charge < -0.3 is 11.1 Å². The monoisotopic (exact) mass is 274 g/mol. The zero-order chi connectivity index (χ0) is 13.1. The van der Waals surface area contributed by atoms with E-state index in [-0.39, 0.29) is 23.9 Å². The highest BCUT2D eigenvalue weighted by Crippen LogP contribution is 2.14. The Kier molecular flexibility index (Phi) is 6.35. The molecular formula is C12H23ClN4O. The maximum Gasteiger partial charge on any atom is 0.270 e. The predicted octanol–water partition coefficient (Wildman–Crippen LogP) is 1.40. The van der Waals surface area contributed by atoms with Crippen molar-refractivity contribution in [1.82, 2.24) is 15.1 Å². The Hall–Kier alpha value is -1.07. The maximum atomic E-state index is 12.1. The Labute approximate surface area is 115 Å². The van der Waals surface area contributed by atoms with Crippen molar-refractivity contribution in [3.63, 3.8) is 0 Å². The van der Waals surface area contributed by atoms with E-state index < -0.39 is 0 Å². The molecule has 0 unspecified atom stereocenters. The van der Waals surface area contributed by atoms with Crippen LogP contribution in [0.1, 0.15) is 42.9 Å². The Balaban J connectivity index is 0.00000289. The average Bonchev–Trinajstić information content (AvgIpc) is 2.65. The highest BCUT2D eigenvalue weighted by atomic mass is 35.5. The quantitative estimate of drug-likeness (QED) is 0.852. The first-order valence-corrected chi connectivity index (χ1v) is 6.01. The van der Waals surface area contributed by atoms with E-state index in [2.05, 4.69) is 10.4 Å². The van der Waals surface area contributed by atoms with E-state index in [1.54, 1.807) is 17.8 Å². The summed E-state index contributed by atoms with van der Waals surface area (Å²) < 4.78 is 1.59. The summed E-state index contributed by atoms with van der Waals surface area (Å²) in [7, 11) is 1.77. The number of halogens is 1. The molecule has 1 rings (SSSR count). The second-order valence-electron chi connectivity index (χ2n) is 4.44. The molecule has 1 aromatic heterocycles. The minimum Gasteiger partial charge on any atom is -0.344 e. The number of aromatic nitrogens is 2. The number of carbonyl (C=O) groups is 1. The molecule has 5 nitrogen and oxygen atoms in total. The molecule has 6 heteroatoms. The van der Waals surface area contributed by atoms with E-state index in [0.29, 0.717) is 12.2 Å². The summed E-state index contributed by atoms with van der Waals surface area (Å²) in [5.41, 5.74) is 6.86. The van der Waals surface area contributed by atoms with Gasteiger partial charge in [-0.1, -0.05) is 13.8 Å². The third-order valence-corrected chi connectivity index (χ3v) is 3.36. The first-order valence-electron chi connectivity index (χ1n) is 6.01. The number of nitrogens with zero attached hydrogens (tertiary/aromatic N) is 2. The Morgan fingerprint density at radius 1 is 1.50 bits per heavy atom. The normalized spacial score (nSPS) is 10.9. The number of nitrogens with one attached hydrogen (secondary N) is 1. The molecule has 0 saturated heterocycles. The molecule has 0 saturated carbocycles. The van der Waals surface area contributed by atoms with Gasteiger partial charge in [0.25, 0.3) is 5.91 Å². The van der Waals surface area contributed by atoms with Crippen LogP contribution in [0.2, 0.25) is 0 Å². The SMILES string of the molecule is CCC(CC)(CN)NC(=O)c1cc(C)nn1C.Cl. The summed E-state index contributed by atoms with van der Waals surface area (Å²) in [6.07, 6.45) is 1.64. The topological polar surface area (TPSA) is 72.9 Å². The van der Waals surface area contributed by atoms with Crippen LogP contribution in [-0.4, -0.2) is 27.8 Å². The Bertz CT molecular complexity index is 391. The third-order valence-electron chi connectivity index (χ3n) is 3.36. The molecule has 0 bridgehead atoms. The smallest absolute Gasteiger partial charge is 0.270 e. The molecule has 1 heterocycles. The van der Waals surface area contributed by atoms with Gasteiger partial charge in [-0.25, -0.2) is 0 Å². The molecule has 1 amide bonds. The molecule has 0 spiro atoms. The van der Waals surface area contributed by atoms with E-state index in [1.807, 2.05) is 20.8 Å². The van der Waals surface area contributed by atoms with Crippen molar-refractivity contribution >= 4 is 18.3 Å². The van der Waals surface area contributed by atoms with Crippen LogP contribution in [0.15, 0.2) is 6.07 Å². The number of hydrogen-bond donors (Lipinski definition) is 2. The van der Waals surface area contributed by atoms with Gasteiger partial charge in [0.2, 0.25) is 0 Å². The van der Waals surface area contributed by atoms with Gasteiger partial charge in [-0.05, 0) is 25.8 Å². The van der Waals surface area contributed by atoms with Crippen molar-refractivity contribution in [1.29, 1.82) is 0 Å². The van der Waals surface area contributed by atoms with Crippen LogP contribution in [0.25, 0.3) is 0 Å². The maximum absolute atomic E-state index is 12.1. The van der Waals surface area contributed by atoms with E-state index in [9.17, 15) is 4.79 Å². The zero-order valence-electron chi connectivity index (χ0n) is 11.5. The molecule has 1 aromatic rings. The molecule has 0 radical (unpaired) electrons. The number of hydrogen-bond acceptors (Lipinski definition) is 3. The lowest BCUT2D eigenvalue weighted by Crippen LogP contribution is -2.53. The first-order chi connectivity index (χ1) is 7.98. The zero-order valence-corrected chi connectivity index (χ0v) is 12.3. The largest absolute Gasteiger partial charge is 0.344 e. The van der Waals surface area contributed by atoms with Crippen LogP contribution in [0, 0.1) is 6.92 Å². The summed E-state index contributed by atoms with van der Waals surface area (Å²) in [5.74, 6) is -0.109. The third kappa shape index (κ3) is 3.46. The van der Waals surface area contributed by atoms with Crippen LogP contribution in [-0.2, 0) is 7.05 Å². The van der Waals surface area contributed by atoms with E-state index in [4.69, 9.17) is 5.73 Å². The van der Waals surface area contributed by atoms with Crippen LogP contribution in [0.5, 0.6) is 0 Å². The molecule has 0 aliphatic carbocycles. The van der Waals surface area contributed by atoms with Crippen molar-refractivity contribution < 1.29 is 4.79 Å². The summed E-state index contributed by atoms with van der Waals surface area (Å²) in [6.45, 7) is 6.38. The molecule has 0 aliphatic rings. The molecule has 0 fully saturated rings. The van der Waals surface area contributed by atoms with Crippen LogP contribution >= 0.6 is 12.4 Å². The average molecular weight is 275 g/mol. The summed E-state index contributed by atoms with van der Waals surface area (Å²) in [4.78, 5) is 12.1. The highest BCUT2D eigenvalue weighted by molar-refractivity contribution is 5.93. The van der Waals surface area contributed by atoms with E-state index in [0.717, 1.165) is 18.5 Å². The lowest BCUT2D eigenvalue weighted by atomic mass is 9.93. The molecule has 104 valence electrons. The predicted molar refractivity (Wildman–Crippen MR) is 75.0 cm³/mol. The fourth-order valence-electron chi connectivity index (χ4n) is 1.89. The van der Waals surface area contributed by atoms with Gasteiger partial charge in [-0.15, -0.1) is 12.4 Å². The fourth-order valence-corrected chi connectivity index (χ4v) is 1.89. The minimum absolute atomic E-state index is 0. The summed E-state index contributed by atoms with van der Waals surface area (Å²) >= 11 is 0. The second-order valence-corrected chi connectivity index (χ2v) is 4.44. The van der Waals surface area contributed by atoms with Crippen LogP contribution in [0.3, 0.4) is 0 Å². The standard InChI is InChI=1S/C12H22N4O.ClH/c1-5-12(6-2,8-13)14-11(17)10-7-9(3)15-16(10)4;/h7H,5-6,8,13H2,1-4H3,(H,14,17);1H. The van der Waals surface area contributed by atoms with Crippen LogP contribution in [0.4, 0.5) is 0 Å². The number of amides is 1. The number of nitrogens with two attached hydrogens (primary N) is 1. The van der Waals surface area contributed by atoms with Crippen molar-refractivity contribution in [3.05, 3.63) is 17.5 Å². The van der Waals surface area contributed by atoms with Crippen molar-refractivity contribution in [2.75, 3.05) is 6.54 Å². The Morgan fingerprint density at radius 2 is 2.06 bits per heavy atom. The number of rotatable bonds is 5. The fraction of sp³-hybridized carbons (Fsp3) is 0.667. The first kappa shape index (κ1) is 16.9. The summed E-state index contributed by atoms with van der Waals surface area (Å²) in [6, 6.07) is 1.78. The molecular weight excluding hydrogens is 252 g/mol. The lowest BCUT2D eigenvalue weighted by molar-refractivity contribution is 0.0885. The van der Waals surface area contributed by atoms with E-state index >= 15 is 0 Å². The van der Waals surface area contributed by atoms with Crippen molar-refractivity contribution in [3.8, 4) is 0 Å². The molecule has 0 aliphatic heterocycles. The second kappa shape index (κ2) is 6.75. The lowest BCUT2D eigenvalue weighted by Gasteiger charge is -2.31. The van der Waals surface area contributed by atoms with Gasteiger partial charge >= 0.3 is 0 Å². The number of carbonyl (C=O) groups excluding carboxylic acids is 1. The van der Waals surface area contributed by atoms with Crippen molar-refractivity contribution in [2.45, 2.75) is 39.2 Å². The molecule has 3 N–H and O–H groups in total. The van der Waals surface area contributed by atoms with Gasteiger partial charge in [0.1, 0.15) is 5.69 Å². The Morgan fingerprint density at radius 3 is 2.39 bits per heavy atom.